The number of rotatable bonds is 3. The summed E-state index contributed by atoms with van der Waals surface area (Å²) in [5, 5.41) is 20.9. The van der Waals surface area contributed by atoms with Gasteiger partial charge in [0.05, 0.1) is 16.6 Å². The molecule has 1 saturated heterocycles. The third kappa shape index (κ3) is 3.20. The number of nitro groups is 1. The minimum Gasteiger partial charge on any atom is -0.389 e. The third-order valence-electron chi connectivity index (χ3n) is 3.38. The molecular weight excluding hydrogens is 303 g/mol. The van der Waals surface area contributed by atoms with E-state index in [0.29, 0.717) is 18.9 Å². The van der Waals surface area contributed by atoms with Crippen LogP contribution in [0.5, 0.6) is 0 Å². The number of hydrogen-bond acceptors (Lipinski definition) is 5. The van der Waals surface area contributed by atoms with Crippen molar-refractivity contribution in [3.63, 3.8) is 0 Å². The Balaban J connectivity index is 2.47. The Morgan fingerprint density at radius 1 is 1.48 bits per heavy atom. The van der Waals surface area contributed by atoms with Crippen molar-refractivity contribution in [1.29, 1.82) is 0 Å². The van der Waals surface area contributed by atoms with Gasteiger partial charge in [-0.15, -0.1) is 0 Å². The maximum atomic E-state index is 13.1. The van der Waals surface area contributed by atoms with Gasteiger partial charge in [-0.25, -0.2) is 12.8 Å². The number of nitrogens with zero attached hydrogens (tertiary/aromatic N) is 2. The van der Waals surface area contributed by atoms with Gasteiger partial charge < -0.3 is 5.11 Å². The lowest BCUT2D eigenvalue weighted by Gasteiger charge is -2.35. The van der Waals surface area contributed by atoms with Crippen molar-refractivity contribution in [1.82, 2.24) is 4.31 Å². The molecule has 0 saturated carbocycles. The van der Waals surface area contributed by atoms with Gasteiger partial charge in [0, 0.05) is 13.1 Å². The van der Waals surface area contributed by atoms with E-state index in [4.69, 9.17) is 0 Å². The van der Waals surface area contributed by atoms with Crippen LogP contribution >= 0.6 is 0 Å². The molecule has 0 spiro atoms. The first-order valence-corrected chi connectivity index (χ1v) is 7.74. The molecule has 1 fully saturated rings. The second-order valence-electron chi connectivity index (χ2n) is 5.31. The lowest BCUT2D eigenvalue weighted by molar-refractivity contribution is -0.388. The van der Waals surface area contributed by atoms with Gasteiger partial charge in [0.2, 0.25) is 10.0 Å². The molecule has 1 aromatic carbocycles. The van der Waals surface area contributed by atoms with Crippen LogP contribution in [-0.4, -0.2) is 41.4 Å². The summed E-state index contributed by atoms with van der Waals surface area (Å²) in [6.07, 6.45) is 0.895. The van der Waals surface area contributed by atoms with E-state index >= 15 is 0 Å². The quantitative estimate of drug-likeness (QED) is 0.668. The minimum absolute atomic E-state index is 0.149. The van der Waals surface area contributed by atoms with Crippen LogP contribution in [0.25, 0.3) is 0 Å². The number of halogens is 1. The molecule has 116 valence electrons. The summed E-state index contributed by atoms with van der Waals surface area (Å²) in [7, 11) is -4.16. The van der Waals surface area contributed by atoms with E-state index in [1.165, 1.54) is 6.92 Å². The van der Waals surface area contributed by atoms with Crippen molar-refractivity contribution >= 4 is 15.7 Å². The summed E-state index contributed by atoms with van der Waals surface area (Å²) in [5.74, 6) is -0.883. The second-order valence-corrected chi connectivity index (χ2v) is 7.21. The van der Waals surface area contributed by atoms with Gasteiger partial charge in [-0.1, -0.05) is 0 Å². The second kappa shape index (κ2) is 5.32. The molecule has 2 rings (SSSR count). The predicted octanol–water partition coefficient (Wildman–Crippen LogP) is 1.27. The van der Waals surface area contributed by atoms with Gasteiger partial charge in [0.15, 0.2) is 4.90 Å². The summed E-state index contributed by atoms with van der Waals surface area (Å²) >= 11 is 0. The molecule has 1 atom stereocenters. The summed E-state index contributed by atoms with van der Waals surface area (Å²) in [5.41, 5.74) is -1.99. The average molecular weight is 318 g/mol. The lowest BCUT2D eigenvalue weighted by atomic mass is 9.97. The first-order valence-electron chi connectivity index (χ1n) is 6.30. The van der Waals surface area contributed by atoms with Crippen LogP contribution in [0.15, 0.2) is 23.1 Å². The van der Waals surface area contributed by atoms with Gasteiger partial charge in [-0.05, 0) is 31.9 Å². The van der Waals surface area contributed by atoms with Gasteiger partial charge in [0.25, 0.3) is 5.69 Å². The van der Waals surface area contributed by atoms with Crippen LogP contribution in [0.3, 0.4) is 0 Å². The Labute approximate surface area is 121 Å². The smallest absolute Gasteiger partial charge is 0.292 e. The molecule has 1 heterocycles. The zero-order valence-corrected chi connectivity index (χ0v) is 12.1. The van der Waals surface area contributed by atoms with Crippen LogP contribution in [0.4, 0.5) is 10.1 Å². The highest BCUT2D eigenvalue weighted by molar-refractivity contribution is 7.89. The summed E-state index contributed by atoms with van der Waals surface area (Å²) in [4.78, 5) is 9.44. The molecule has 0 amide bonds. The summed E-state index contributed by atoms with van der Waals surface area (Å²) in [6, 6.07) is 2.32. The normalized spacial score (nSPS) is 24.0. The summed E-state index contributed by atoms with van der Waals surface area (Å²) < 4.78 is 39.1. The molecule has 7 nitrogen and oxygen atoms in total. The fourth-order valence-corrected chi connectivity index (χ4v) is 4.10. The molecule has 0 aromatic heterocycles. The van der Waals surface area contributed by atoms with Crippen LogP contribution in [0.2, 0.25) is 0 Å². The predicted molar refractivity (Wildman–Crippen MR) is 71.7 cm³/mol. The largest absolute Gasteiger partial charge is 0.389 e. The van der Waals surface area contributed by atoms with Crippen molar-refractivity contribution in [2.24, 2.45) is 0 Å². The average Bonchev–Trinajstić information content (AvgIpc) is 2.37. The van der Waals surface area contributed by atoms with E-state index in [9.17, 15) is 28.0 Å². The molecular formula is C12H15FN2O5S. The molecule has 0 bridgehead atoms. The van der Waals surface area contributed by atoms with Gasteiger partial charge in [-0.2, -0.15) is 4.31 Å². The Kier molecular flexibility index (Phi) is 4.00. The SMILES string of the molecule is CC1(O)CCCN(S(=O)(=O)c2ccc(F)cc2[N+](=O)[O-])C1. The maximum Gasteiger partial charge on any atom is 0.292 e. The number of aliphatic hydroxyl groups is 1. The van der Waals surface area contributed by atoms with E-state index in [0.717, 1.165) is 16.4 Å². The van der Waals surface area contributed by atoms with Crippen molar-refractivity contribution in [3.8, 4) is 0 Å². The van der Waals surface area contributed by atoms with Gasteiger partial charge >= 0.3 is 0 Å². The van der Waals surface area contributed by atoms with Crippen molar-refractivity contribution in [2.45, 2.75) is 30.3 Å². The molecule has 1 unspecified atom stereocenters. The zero-order chi connectivity index (χ0) is 15.8. The number of piperidine rings is 1. The zero-order valence-electron chi connectivity index (χ0n) is 11.3. The van der Waals surface area contributed by atoms with E-state index in [1.807, 2.05) is 0 Å². The van der Waals surface area contributed by atoms with Crippen molar-refractivity contribution in [3.05, 3.63) is 34.1 Å². The highest BCUT2D eigenvalue weighted by Gasteiger charge is 2.38. The first kappa shape index (κ1) is 15.8. The van der Waals surface area contributed by atoms with Crippen molar-refractivity contribution < 1.29 is 22.8 Å². The number of nitro benzene ring substituents is 1. The maximum absolute atomic E-state index is 13.1. The molecule has 21 heavy (non-hydrogen) atoms. The van der Waals surface area contributed by atoms with E-state index in [-0.39, 0.29) is 13.1 Å². The highest BCUT2D eigenvalue weighted by Crippen LogP contribution is 2.31. The van der Waals surface area contributed by atoms with Crippen LogP contribution < -0.4 is 0 Å². The fraction of sp³-hybridized carbons (Fsp3) is 0.500. The Morgan fingerprint density at radius 3 is 2.71 bits per heavy atom. The Hall–Kier alpha value is -1.58. The van der Waals surface area contributed by atoms with Crippen molar-refractivity contribution in [2.75, 3.05) is 13.1 Å². The minimum atomic E-state index is -4.16. The van der Waals surface area contributed by atoms with Crippen LogP contribution in [0, 0.1) is 15.9 Å². The third-order valence-corrected chi connectivity index (χ3v) is 5.27. The fourth-order valence-electron chi connectivity index (χ4n) is 2.37. The number of sulfonamides is 1. The topological polar surface area (TPSA) is 101 Å². The standard InChI is InChI=1S/C12H15FN2O5S/c1-12(16)5-2-6-14(8-12)21(19,20)11-4-3-9(13)7-10(11)15(17)18/h3-4,7,16H,2,5-6,8H2,1H3. The number of hydrogen-bond donors (Lipinski definition) is 1. The highest BCUT2D eigenvalue weighted by atomic mass is 32.2. The monoisotopic (exact) mass is 318 g/mol. The van der Waals surface area contributed by atoms with Crippen LogP contribution in [0.1, 0.15) is 19.8 Å². The molecule has 1 aromatic rings. The lowest BCUT2D eigenvalue weighted by Crippen LogP contribution is -2.48. The van der Waals surface area contributed by atoms with E-state index in [1.54, 1.807) is 0 Å². The molecule has 1 N–H and O–H groups in total. The molecule has 0 radical (unpaired) electrons. The summed E-state index contributed by atoms with van der Waals surface area (Å²) in [6.45, 7) is 1.52. The Bertz CT molecular complexity index is 674. The molecule has 9 heteroatoms. The molecule has 1 aliphatic heterocycles. The van der Waals surface area contributed by atoms with Gasteiger partial charge in [-0.3, -0.25) is 10.1 Å². The number of β-amino-alcohol motifs (C(OH)–C–C–N with tert-alkyl or cyclic N) is 1. The van der Waals surface area contributed by atoms with Gasteiger partial charge in [0.1, 0.15) is 5.82 Å². The first-order chi connectivity index (χ1) is 9.63. The van der Waals surface area contributed by atoms with E-state index in [2.05, 4.69) is 0 Å². The van der Waals surface area contributed by atoms with Crippen LogP contribution in [-0.2, 0) is 10.0 Å². The molecule has 1 aliphatic rings. The molecule has 0 aliphatic carbocycles. The number of benzene rings is 1. The Morgan fingerprint density at radius 2 is 2.14 bits per heavy atom. The van der Waals surface area contributed by atoms with E-state index < -0.39 is 36.9 Å².